The first kappa shape index (κ1) is 11.9. The quantitative estimate of drug-likeness (QED) is 0.852. The molecule has 0 amide bonds. The zero-order chi connectivity index (χ0) is 12.4. The smallest absolute Gasteiger partial charge is 0.154 e. The van der Waals surface area contributed by atoms with Gasteiger partial charge in [0, 0.05) is 5.69 Å². The maximum Gasteiger partial charge on any atom is 0.154 e. The minimum absolute atomic E-state index is 0.0441. The van der Waals surface area contributed by atoms with Gasteiger partial charge in [0.25, 0.3) is 0 Å². The molecule has 2 heterocycles. The van der Waals surface area contributed by atoms with Crippen LogP contribution < -0.4 is 5.73 Å². The van der Waals surface area contributed by atoms with E-state index in [0.717, 1.165) is 29.4 Å². The predicted octanol–water partition coefficient (Wildman–Crippen LogP) is 3.02. The van der Waals surface area contributed by atoms with Crippen molar-refractivity contribution in [3.63, 3.8) is 0 Å². The summed E-state index contributed by atoms with van der Waals surface area (Å²) in [6.07, 6.45) is 2.57. The summed E-state index contributed by atoms with van der Waals surface area (Å²) in [5, 5.41) is 0. The van der Waals surface area contributed by atoms with E-state index in [1.807, 2.05) is 19.1 Å². The molecule has 0 aliphatic heterocycles. The minimum Gasteiger partial charge on any atom is -0.463 e. The van der Waals surface area contributed by atoms with Crippen LogP contribution in [0.5, 0.6) is 0 Å². The molecule has 0 fully saturated rings. The molecule has 1 atom stereocenters. The number of nitrogens with one attached hydrogen (secondary N) is 1. The Balaban J connectivity index is 2.25. The van der Waals surface area contributed by atoms with Crippen molar-refractivity contribution in [1.29, 1.82) is 0 Å². The van der Waals surface area contributed by atoms with E-state index < -0.39 is 0 Å². The number of hydrogen-bond donors (Lipinski definition) is 2. The monoisotopic (exact) mass is 233 g/mol. The van der Waals surface area contributed by atoms with Gasteiger partial charge in [-0.15, -0.1) is 0 Å². The maximum atomic E-state index is 6.11. The summed E-state index contributed by atoms with van der Waals surface area (Å²) in [5.41, 5.74) is 7.95. The Labute approximate surface area is 101 Å². The van der Waals surface area contributed by atoms with Crippen LogP contribution in [0.1, 0.15) is 37.8 Å². The fourth-order valence-corrected chi connectivity index (χ4v) is 1.93. The lowest BCUT2D eigenvalue weighted by Gasteiger charge is -2.10. The zero-order valence-electron chi connectivity index (χ0n) is 10.5. The van der Waals surface area contributed by atoms with E-state index in [1.54, 1.807) is 6.26 Å². The van der Waals surface area contributed by atoms with Crippen molar-refractivity contribution in [2.24, 2.45) is 11.7 Å². The number of aryl methyl sites for hydroxylation is 1. The Morgan fingerprint density at radius 3 is 2.82 bits per heavy atom. The molecule has 0 aliphatic rings. The molecular weight excluding hydrogens is 214 g/mol. The van der Waals surface area contributed by atoms with Crippen LogP contribution >= 0.6 is 0 Å². The molecule has 4 heteroatoms. The van der Waals surface area contributed by atoms with Crippen LogP contribution in [0.3, 0.4) is 0 Å². The van der Waals surface area contributed by atoms with Crippen molar-refractivity contribution in [1.82, 2.24) is 9.97 Å². The molecule has 2 aromatic rings. The Morgan fingerprint density at radius 2 is 2.24 bits per heavy atom. The van der Waals surface area contributed by atoms with Crippen molar-refractivity contribution in [2.75, 3.05) is 0 Å². The van der Waals surface area contributed by atoms with Gasteiger partial charge in [-0.2, -0.15) is 0 Å². The van der Waals surface area contributed by atoms with Crippen molar-refractivity contribution in [3.05, 3.63) is 29.9 Å². The molecule has 0 bridgehead atoms. The molecule has 2 aromatic heterocycles. The van der Waals surface area contributed by atoms with Crippen molar-refractivity contribution in [2.45, 2.75) is 33.2 Å². The first-order valence-electron chi connectivity index (χ1n) is 5.94. The largest absolute Gasteiger partial charge is 0.463 e. The molecule has 17 heavy (non-hydrogen) atoms. The first-order valence-corrected chi connectivity index (χ1v) is 5.94. The van der Waals surface area contributed by atoms with Crippen LogP contribution in [-0.2, 0) is 0 Å². The average Bonchev–Trinajstić information content (AvgIpc) is 2.84. The first-order chi connectivity index (χ1) is 8.08. The number of nitrogens with two attached hydrogens (primary N) is 1. The van der Waals surface area contributed by atoms with Crippen LogP contribution in [0.2, 0.25) is 0 Å². The van der Waals surface area contributed by atoms with E-state index in [2.05, 4.69) is 23.8 Å². The average molecular weight is 233 g/mol. The topological polar surface area (TPSA) is 67.8 Å². The van der Waals surface area contributed by atoms with Gasteiger partial charge in [0.15, 0.2) is 5.76 Å². The van der Waals surface area contributed by atoms with Gasteiger partial charge in [-0.05, 0) is 31.4 Å². The molecule has 0 spiro atoms. The Morgan fingerprint density at radius 1 is 1.47 bits per heavy atom. The highest BCUT2D eigenvalue weighted by Crippen LogP contribution is 2.24. The Kier molecular flexibility index (Phi) is 3.33. The van der Waals surface area contributed by atoms with Gasteiger partial charge in [-0.1, -0.05) is 13.8 Å². The molecule has 1 unspecified atom stereocenters. The molecule has 92 valence electrons. The highest BCUT2D eigenvalue weighted by Gasteiger charge is 2.16. The normalized spacial score (nSPS) is 13.2. The van der Waals surface area contributed by atoms with E-state index in [0.29, 0.717) is 5.92 Å². The van der Waals surface area contributed by atoms with E-state index in [9.17, 15) is 0 Å². The van der Waals surface area contributed by atoms with Crippen LogP contribution in [-0.4, -0.2) is 9.97 Å². The third-order valence-electron chi connectivity index (χ3n) is 2.73. The van der Waals surface area contributed by atoms with Crippen molar-refractivity contribution >= 4 is 0 Å². The second-order valence-corrected chi connectivity index (χ2v) is 4.81. The van der Waals surface area contributed by atoms with E-state index in [-0.39, 0.29) is 6.04 Å². The molecule has 0 aliphatic carbocycles. The summed E-state index contributed by atoms with van der Waals surface area (Å²) < 4.78 is 5.35. The summed E-state index contributed by atoms with van der Waals surface area (Å²) in [7, 11) is 0. The predicted molar refractivity (Wildman–Crippen MR) is 67.4 cm³/mol. The highest BCUT2D eigenvalue weighted by molar-refractivity contribution is 5.55. The van der Waals surface area contributed by atoms with Crippen molar-refractivity contribution in [3.8, 4) is 11.5 Å². The minimum atomic E-state index is -0.0441. The summed E-state index contributed by atoms with van der Waals surface area (Å²) >= 11 is 0. The number of hydrogen-bond acceptors (Lipinski definition) is 3. The number of aromatic amines is 1. The van der Waals surface area contributed by atoms with Gasteiger partial charge >= 0.3 is 0 Å². The third kappa shape index (κ3) is 2.58. The molecule has 0 aromatic carbocycles. The number of nitrogens with zero attached hydrogens (tertiary/aromatic N) is 1. The molecule has 2 rings (SSSR count). The summed E-state index contributed by atoms with van der Waals surface area (Å²) in [6.45, 7) is 6.29. The highest BCUT2D eigenvalue weighted by atomic mass is 16.3. The van der Waals surface area contributed by atoms with E-state index in [1.165, 1.54) is 0 Å². The molecule has 3 N–H and O–H groups in total. The lowest BCUT2D eigenvalue weighted by molar-refractivity contribution is 0.495. The van der Waals surface area contributed by atoms with Crippen molar-refractivity contribution < 1.29 is 4.42 Å². The Bertz CT molecular complexity index is 471. The Hall–Kier alpha value is -1.55. The zero-order valence-corrected chi connectivity index (χ0v) is 10.5. The summed E-state index contributed by atoms with van der Waals surface area (Å²) in [6, 6.07) is 3.72. The van der Waals surface area contributed by atoms with Gasteiger partial charge in [-0.3, -0.25) is 0 Å². The van der Waals surface area contributed by atoms with E-state index >= 15 is 0 Å². The van der Waals surface area contributed by atoms with Crippen LogP contribution in [0.4, 0.5) is 0 Å². The van der Waals surface area contributed by atoms with Gasteiger partial charge in [0.05, 0.1) is 12.3 Å². The standard InChI is InChI=1S/C13H19N3O/c1-8(2)7-10(14)13-15-9(3)12(16-13)11-5-4-6-17-11/h4-6,8,10H,7,14H2,1-3H3,(H,15,16). The van der Waals surface area contributed by atoms with Gasteiger partial charge in [-0.25, -0.2) is 4.98 Å². The second-order valence-electron chi connectivity index (χ2n) is 4.81. The molecule has 0 radical (unpaired) electrons. The lowest BCUT2D eigenvalue weighted by atomic mass is 10.0. The number of furan rings is 1. The fraction of sp³-hybridized carbons (Fsp3) is 0.462. The van der Waals surface area contributed by atoms with Crippen LogP contribution in [0.15, 0.2) is 22.8 Å². The van der Waals surface area contributed by atoms with E-state index in [4.69, 9.17) is 10.2 Å². The molecule has 0 saturated carbocycles. The number of rotatable bonds is 4. The summed E-state index contributed by atoms with van der Waals surface area (Å²) in [4.78, 5) is 7.77. The fourth-order valence-electron chi connectivity index (χ4n) is 1.93. The SMILES string of the molecule is Cc1[nH]c(C(N)CC(C)C)nc1-c1ccco1. The molecule has 0 saturated heterocycles. The molecular formula is C13H19N3O. The number of imidazole rings is 1. The second kappa shape index (κ2) is 4.75. The summed E-state index contributed by atoms with van der Waals surface area (Å²) in [5.74, 6) is 2.17. The van der Waals surface area contributed by atoms with Crippen LogP contribution in [0, 0.1) is 12.8 Å². The van der Waals surface area contributed by atoms with Gasteiger partial charge in [0.2, 0.25) is 0 Å². The van der Waals surface area contributed by atoms with Crippen LogP contribution in [0.25, 0.3) is 11.5 Å². The van der Waals surface area contributed by atoms with Gasteiger partial charge in [0.1, 0.15) is 11.5 Å². The molecule has 4 nitrogen and oxygen atoms in total. The lowest BCUT2D eigenvalue weighted by Crippen LogP contribution is -2.14. The van der Waals surface area contributed by atoms with Gasteiger partial charge < -0.3 is 15.1 Å². The maximum absolute atomic E-state index is 6.11. The number of aromatic nitrogens is 2. The third-order valence-corrected chi connectivity index (χ3v) is 2.73. The number of H-pyrrole nitrogens is 1.